The van der Waals surface area contributed by atoms with E-state index in [1.54, 1.807) is 17.0 Å². The average molecular weight is 817 g/mol. The number of anilines is 3. The molecule has 6 aromatic rings. The molecule has 4 N–H and O–H groups in total. The fourth-order valence-electron chi connectivity index (χ4n) is 8.95. The van der Waals surface area contributed by atoms with Gasteiger partial charge in [-0.3, -0.25) is 4.90 Å². The maximum Gasteiger partial charge on any atom is 0.420 e. The third-order valence-electron chi connectivity index (χ3n) is 11.4. The molecule has 2 fully saturated rings. The van der Waals surface area contributed by atoms with Gasteiger partial charge in [0.25, 0.3) is 0 Å². The monoisotopic (exact) mass is 816 g/mol. The van der Waals surface area contributed by atoms with Gasteiger partial charge < -0.3 is 25.8 Å². The van der Waals surface area contributed by atoms with Gasteiger partial charge in [0.1, 0.15) is 64.7 Å². The van der Waals surface area contributed by atoms with Crippen molar-refractivity contribution >= 4 is 49.0 Å². The van der Waals surface area contributed by atoms with Gasteiger partial charge >= 0.3 is 12.2 Å². The number of halogens is 6. The van der Waals surface area contributed by atoms with E-state index >= 15 is 22.0 Å². The number of benzene rings is 3. The third kappa shape index (κ3) is 6.16. The molecule has 3 atom stereocenters. The second kappa shape index (κ2) is 14.2. The van der Waals surface area contributed by atoms with Crippen LogP contribution in [0.3, 0.4) is 0 Å². The average Bonchev–Trinajstić information content (AvgIpc) is 3.80. The number of aromatic nitrogens is 3. The molecule has 9 rings (SSSR count). The van der Waals surface area contributed by atoms with E-state index in [0.717, 1.165) is 24.1 Å². The number of nitrogens with zero attached hydrogens (tertiary/aromatic N) is 6. The number of hydrogen-bond donors (Lipinski definition) is 2. The Hall–Kier alpha value is -5.86. The topological polar surface area (TPSA) is 139 Å². The zero-order chi connectivity index (χ0) is 40.5. The number of fused-ring (bicyclic) bond motifs is 2. The lowest BCUT2D eigenvalue weighted by Gasteiger charge is -2.34. The molecule has 0 aliphatic carbocycles. The Bertz CT molecular complexity index is 2640. The molecule has 3 aliphatic heterocycles. The Morgan fingerprint density at radius 3 is 2.62 bits per heavy atom. The van der Waals surface area contributed by atoms with E-state index in [0.29, 0.717) is 29.9 Å². The summed E-state index contributed by atoms with van der Waals surface area (Å²) in [7, 11) is 0. The second-order valence-electron chi connectivity index (χ2n) is 14.8. The number of alkyl halides is 4. The Morgan fingerprint density at radius 2 is 1.86 bits per heavy atom. The van der Waals surface area contributed by atoms with Crippen LogP contribution in [-0.2, 0) is 12.6 Å². The summed E-state index contributed by atoms with van der Waals surface area (Å²) < 4.78 is 107. The smallest absolute Gasteiger partial charge is 0.420 e. The molecule has 0 spiro atoms. The fourth-order valence-corrected chi connectivity index (χ4v) is 9.90. The largest absolute Gasteiger partial charge is 0.490 e. The van der Waals surface area contributed by atoms with E-state index in [2.05, 4.69) is 9.97 Å². The van der Waals surface area contributed by atoms with Crippen LogP contribution in [0.1, 0.15) is 47.6 Å². The van der Waals surface area contributed by atoms with Crippen LogP contribution in [0.25, 0.3) is 32.1 Å². The number of hydrogen-bond acceptors (Lipinski definition) is 11. The fraction of sp³-hybridized carbons (Fsp3) is 0.317. The summed E-state index contributed by atoms with van der Waals surface area (Å²) in [5.74, 6) is -2.99. The molecule has 6 heterocycles. The lowest BCUT2D eigenvalue weighted by Crippen LogP contribution is -2.43. The van der Waals surface area contributed by atoms with Crippen LogP contribution in [0.5, 0.6) is 11.8 Å². The van der Waals surface area contributed by atoms with E-state index in [-0.39, 0.29) is 82.8 Å². The van der Waals surface area contributed by atoms with Gasteiger partial charge in [0.05, 0.1) is 33.8 Å². The molecule has 0 amide bonds. The first-order valence-corrected chi connectivity index (χ1v) is 19.4. The second-order valence-corrected chi connectivity index (χ2v) is 15.8. The Labute approximate surface area is 331 Å². The van der Waals surface area contributed by atoms with Gasteiger partial charge in [-0.1, -0.05) is 42.5 Å². The third-order valence-corrected chi connectivity index (χ3v) is 12.5. The summed E-state index contributed by atoms with van der Waals surface area (Å²) in [6.45, 7) is 0.459. The van der Waals surface area contributed by atoms with Gasteiger partial charge in [-0.25, -0.2) is 18.2 Å². The molecule has 3 aromatic heterocycles. The summed E-state index contributed by atoms with van der Waals surface area (Å²) in [5, 5.41) is 9.21. The highest BCUT2D eigenvalue weighted by Gasteiger charge is 2.50. The molecule has 10 nitrogen and oxygen atoms in total. The first-order chi connectivity index (χ1) is 27.9. The minimum Gasteiger partial charge on any atom is -0.490 e. The van der Waals surface area contributed by atoms with Crippen LogP contribution in [0.4, 0.5) is 43.0 Å². The van der Waals surface area contributed by atoms with E-state index in [9.17, 15) is 9.65 Å². The zero-order valence-corrected chi connectivity index (χ0v) is 31.4. The van der Waals surface area contributed by atoms with Crippen molar-refractivity contribution in [3.05, 3.63) is 94.7 Å². The number of nitrogen functional groups attached to an aromatic ring is 2. The number of rotatable bonds is 8. The molecular formula is C41H34F6N8O2S. The van der Waals surface area contributed by atoms with Crippen LogP contribution < -0.4 is 25.8 Å². The van der Waals surface area contributed by atoms with Gasteiger partial charge in [0.2, 0.25) is 0 Å². The summed E-state index contributed by atoms with van der Waals surface area (Å²) >= 11 is 0.667. The van der Waals surface area contributed by atoms with Gasteiger partial charge in [0, 0.05) is 35.7 Å². The molecule has 2 saturated heterocycles. The molecular weight excluding hydrogens is 783 g/mol. The van der Waals surface area contributed by atoms with Crippen molar-refractivity contribution in [2.45, 2.75) is 49.6 Å². The normalized spacial score (nSPS) is 19.9. The van der Waals surface area contributed by atoms with E-state index in [4.69, 9.17) is 25.9 Å². The van der Waals surface area contributed by atoms with Crippen LogP contribution >= 0.6 is 11.3 Å². The van der Waals surface area contributed by atoms with Crippen molar-refractivity contribution in [3.63, 3.8) is 0 Å². The molecule has 58 heavy (non-hydrogen) atoms. The Morgan fingerprint density at radius 1 is 1.05 bits per heavy atom. The highest BCUT2D eigenvalue weighted by Crippen LogP contribution is 2.54. The number of nitrogens with two attached hydrogens (primary N) is 2. The van der Waals surface area contributed by atoms with Crippen molar-refractivity contribution in [2.24, 2.45) is 0 Å². The molecule has 0 unspecified atom stereocenters. The zero-order valence-electron chi connectivity index (χ0n) is 30.6. The SMILES string of the molecule is N#Cc1c(N)sc2c(F)ccc(-c3c(C(F)(F)F)c4c5c(nc(OC[C@@]67CCCN6C[C@H](F)C7)nc5c3F)N([C@H](Cc3ccccc3)c3cccnc3N)CCO4)c12. The summed E-state index contributed by atoms with van der Waals surface area (Å²) in [5.41, 5.74) is 9.42. The molecule has 3 aliphatic rings. The van der Waals surface area contributed by atoms with Crippen LogP contribution in [0, 0.1) is 23.0 Å². The van der Waals surface area contributed by atoms with Crippen molar-refractivity contribution in [1.29, 1.82) is 5.26 Å². The summed E-state index contributed by atoms with van der Waals surface area (Å²) in [4.78, 5) is 17.2. The number of thiophene rings is 1. The van der Waals surface area contributed by atoms with Crippen molar-refractivity contribution < 1.29 is 35.8 Å². The van der Waals surface area contributed by atoms with Crippen molar-refractivity contribution in [3.8, 4) is 29.0 Å². The highest BCUT2D eigenvalue weighted by molar-refractivity contribution is 7.23. The summed E-state index contributed by atoms with van der Waals surface area (Å²) in [6.07, 6.45) is -2.90. The minimum absolute atomic E-state index is 0.0536. The van der Waals surface area contributed by atoms with Gasteiger partial charge in [-0.15, -0.1) is 11.3 Å². The van der Waals surface area contributed by atoms with E-state index in [1.807, 2.05) is 41.3 Å². The first-order valence-electron chi connectivity index (χ1n) is 18.6. The van der Waals surface area contributed by atoms with Crippen LogP contribution in [0.15, 0.2) is 60.8 Å². The maximum absolute atomic E-state index is 17.7. The van der Waals surface area contributed by atoms with E-state index < -0.39 is 63.5 Å². The van der Waals surface area contributed by atoms with Gasteiger partial charge in [-0.2, -0.15) is 28.4 Å². The van der Waals surface area contributed by atoms with Gasteiger partial charge in [0.15, 0.2) is 5.82 Å². The Kier molecular flexibility index (Phi) is 9.23. The van der Waals surface area contributed by atoms with E-state index in [1.165, 1.54) is 6.20 Å². The lowest BCUT2D eigenvalue weighted by molar-refractivity contribution is -0.138. The summed E-state index contributed by atoms with van der Waals surface area (Å²) in [6, 6.07) is 15.4. The molecule has 0 bridgehead atoms. The minimum atomic E-state index is -5.26. The standard InChI is InChI=1S/C41H34F6N8O2S/c42-22-17-40(11-5-13-54(40)19-22)20-57-39-52-33-30-34(31(41(45,46)47)29(32(33)44)24-9-10-26(43)35-28(24)25(18-48)37(50)58-35)56-15-14-55(38(30)53-39)27(16-21-6-2-1-3-7-21)23-8-4-12-51-36(23)49/h1-4,6-10,12,22,27H,5,11,13-17,19-20,50H2,(H2,49,51)/t22-,27-,40+/m1/s1. The molecule has 0 radical (unpaired) electrons. The number of pyridine rings is 1. The van der Waals surface area contributed by atoms with Crippen molar-refractivity contribution in [2.75, 3.05) is 49.2 Å². The van der Waals surface area contributed by atoms with Crippen LogP contribution in [-0.4, -0.2) is 64.4 Å². The van der Waals surface area contributed by atoms with Crippen molar-refractivity contribution in [1.82, 2.24) is 19.9 Å². The number of ether oxygens (including phenoxy) is 2. The molecule has 298 valence electrons. The molecule has 3 aromatic carbocycles. The van der Waals surface area contributed by atoms with Gasteiger partial charge in [-0.05, 0) is 49.1 Å². The molecule has 17 heteroatoms. The highest BCUT2D eigenvalue weighted by atomic mass is 32.1. The maximum atomic E-state index is 17.7. The predicted molar refractivity (Wildman–Crippen MR) is 207 cm³/mol. The predicted octanol–water partition coefficient (Wildman–Crippen LogP) is 8.38. The van der Waals surface area contributed by atoms with Crippen LogP contribution in [0.2, 0.25) is 0 Å². The first kappa shape index (κ1) is 37.7. The number of nitriles is 1. The molecule has 0 saturated carbocycles. The Balaban J connectivity index is 1.33. The quantitative estimate of drug-likeness (QED) is 0.144. The lowest BCUT2D eigenvalue weighted by atomic mass is 9.91.